The molecule has 2 unspecified atom stereocenters. The molecule has 188 valence electrons. The van der Waals surface area contributed by atoms with Gasteiger partial charge in [-0.05, 0) is 49.3 Å². The number of piperazine rings is 1. The van der Waals surface area contributed by atoms with Gasteiger partial charge in [-0.3, -0.25) is 9.59 Å². The summed E-state index contributed by atoms with van der Waals surface area (Å²) in [5, 5.41) is 6.51. The Morgan fingerprint density at radius 1 is 1.03 bits per heavy atom. The Bertz CT molecular complexity index is 1160. The molecule has 3 amide bonds. The standard InChI is InChI=1S/C28H32N4O4/c33-26-24-16-20-19-10-4-5-11-21(19)30-25(20)22(32(24)27(34)23-13-7-15-31(23)26)12-6-14-29-28(35)36-17-18-8-2-1-3-9-18/h1-5,8-11,20,22-25,30H,6-7,12-17H2,(H,29,35)/t20?,22-,23-,24+,25?/m1/s1. The Morgan fingerprint density at radius 2 is 1.83 bits per heavy atom. The smallest absolute Gasteiger partial charge is 0.407 e. The van der Waals surface area contributed by atoms with Crippen LogP contribution in [0.15, 0.2) is 54.6 Å². The molecule has 0 bridgehead atoms. The van der Waals surface area contributed by atoms with Gasteiger partial charge >= 0.3 is 6.09 Å². The van der Waals surface area contributed by atoms with Crippen LogP contribution < -0.4 is 10.6 Å². The number of piperidine rings is 1. The predicted molar refractivity (Wildman–Crippen MR) is 134 cm³/mol. The number of para-hydroxylation sites is 1. The highest BCUT2D eigenvalue weighted by atomic mass is 16.5. The summed E-state index contributed by atoms with van der Waals surface area (Å²) in [6.07, 6.45) is 3.22. The topological polar surface area (TPSA) is 91.0 Å². The van der Waals surface area contributed by atoms with E-state index in [-0.39, 0.29) is 42.5 Å². The number of hydrogen-bond donors (Lipinski definition) is 2. The maximum Gasteiger partial charge on any atom is 0.407 e. The summed E-state index contributed by atoms with van der Waals surface area (Å²) in [6.45, 7) is 1.36. The van der Waals surface area contributed by atoms with Crippen LogP contribution in [0.25, 0.3) is 0 Å². The van der Waals surface area contributed by atoms with Gasteiger partial charge in [-0.15, -0.1) is 0 Å². The zero-order valence-electron chi connectivity index (χ0n) is 20.3. The molecular formula is C28H32N4O4. The van der Waals surface area contributed by atoms with E-state index in [1.54, 1.807) is 0 Å². The normalized spacial score (nSPS) is 28.1. The van der Waals surface area contributed by atoms with E-state index in [2.05, 4.69) is 22.8 Å². The van der Waals surface area contributed by atoms with E-state index in [0.717, 1.165) is 24.1 Å². The predicted octanol–water partition coefficient (Wildman–Crippen LogP) is 3.25. The van der Waals surface area contributed by atoms with Gasteiger partial charge in [0.1, 0.15) is 18.7 Å². The molecule has 36 heavy (non-hydrogen) atoms. The van der Waals surface area contributed by atoms with Gasteiger partial charge < -0.3 is 25.2 Å². The zero-order chi connectivity index (χ0) is 24.6. The lowest BCUT2D eigenvalue weighted by Gasteiger charge is -2.52. The number of rotatable bonds is 6. The van der Waals surface area contributed by atoms with E-state index in [1.165, 1.54) is 5.56 Å². The minimum absolute atomic E-state index is 0.0633. The number of alkyl carbamates (subject to hydrolysis) is 1. The average molecular weight is 489 g/mol. The van der Waals surface area contributed by atoms with Gasteiger partial charge in [-0.1, -0.05) is 48.5 Å². The molecule has 0 radical (unpaired) electrons. The van der Waals surface area contributed by atoms with E-state index in [4.69, 9.17) is 4.74 Å². The van der Waals surface area contributed by atoms with Crippen molar-refractivity contribution < 1.29 is 19.1 Å². The number of nitrogens with one attached hydrogen (secondary N) is 2. The zero-order valence-corrected chi connectivity index (χ0v) is 20.3. The molecule has 0 spiro atoms. The number of anilines is 1. The highest BCUT2D eigenvalue weighted by Gasteiger charge is 2.56. The maximum atomic E-state index is 13.6. The summed E-state index contributed by atoms with van der Waals surface area (Å²) in [6, 6.07) is 17.1. The number of nitrogens with zero attached hydrogens (tertiary/aromatic N) is 2. The molecule has 2 aromatic rings. The molecule has 3 saturated heterocycles. The third kappa shape index (κ3) is 3.98. The number of carbonyl (C=O) groups excluding carboxylic acids is 3. The molecule has 0 aliphatic carbocycles. The van der Waals surface area contributed by atoms with E-state index in [9.17, 15) is 14.4 Å². The molecule has 4 heterocycles. The van der Waals surface area contributed by atoms with E-state index in [1.807, 2.05) is 52.3 Å². The van der Waals surface area contributed by atoms with Crippen molar-refractivity contribution in [3.8, 4) is 0 Å². The monoisotopic (exact) mass is 488 g/mol. The fraction of sp³-hybridized carbons (Fsp3) is 0.464. The Kier molecular flexibility index (Phi) is 6.03. The van der Waals surface area contributed by atoms with Crippen LogP contribution in [-0.4, -0.2) is 65.0 Å². The summed E-state index contributed by atoms with van der Waals surface area (Å²) in [7, 11) is 0. The second-order valence-electron chi connectivity index (χ2n) is 10.2. The molecule has 8 nitrogen and oxygen atoms in total. The lowest BCUT2D eigenvalue weighted by Crippen LogP contribution is -2.70. The van der Waals surface area contributed by atoms with Crippen LogP contribution in [0.4, 0.5) is 10.5 Å². The maximum absolute atomic E-state index is 13.6. The molecule has 2 N–H and O–H groups in total. The van der Waals surface area contributed by atoms with Gasteiger partial charge in [-0.2, -0.15) is 0 Å². The van der Waals surface area contributed by atoms with Gasteiger partial charge in [0.15, 0.2) is 0 Å². The first-order valence-electron chi connectivity index (χ1n) is 13.0. The fourth-order valence-corrected chi connectivity index (χ4v) is 6.60. The third-order valence-electron chi connectivity index (χ3n) is 8.22. The molecule has 5 atom stereocenters. The summed E-state index contributed by atoms with van der Waals surface area (Å²) in [4.78, 5) is 43.0. The molecule has 4 aliphatic rings. The fourth-order valence-electron chi connectivity index (χ4n) is 6.60. The van der Waals surface area contributed by atoms with Crippen molar-refractivity contribution in [2.75, 3.05) is 18.4 Å². The van der Waals surface area contributed by atoms with Gasteiger partial charge in [0.2, 0.25) is 11.8 Å². The Hall–Kier alpha value is -3.55. The number of amides is 3. The first-order valence-corrected chi connectivity index (χ1v) is 13.0. The van der Waals surface area contributed by atoms with Gasteiger partial charge in [0.25, 0.3) is 0 Å². The number of benzene rings is 2. The molecule has 6 rings (SSSR count). The minimum atomic E-state index is -0.449. The molecule has 3 fully saturated rings. The summed E-state index contributed by atoms with van der Waals surface area (Å²) >= 11 is 0. The quantitative estimate of drug-likeness (QED) is 0.610. The number of carbonyl (C=O) groups is 3. The number of ether oxygens (including phenoxy) is 1. The lowest BCUT2D eigenvalue weighted by molar-refractivity contribution is -0.166. The van der Waals surface area contributed by atoms with E-state index < -0.39 is 12.1 Å². The second kappa shape index (κ2) is 9.48. The van der Waals surface area contributed by atoms with Crippen molar-refractivity contribution in [2.24, 2.45) is 0 Å². The van der Waals surface area contributed by atoms with Crippen LogP contribution in [0.1, 0.15) is 49.1 Å². The van der Waals surface area contributed by atoms with Crippen molar-refractivity contribution in [3.63, 3.8) is 0 Å². The van der Waals surface area contributed by atoms with Crippen molar-refractivity contribution in [3.05, 3.63) is 65.7 Å². The van der Waals surface area contributed by atoms with Crippen LogP contribution >= 0.6 is 0 Å². The molecule has 0 aromatic heterocycles. The van der Waals surface area contributed by atoms with Crippen molar-refractivity contribution in [1.82, 2.24) is 15.1 Å². The molecular weight excluding hydrogens is 456 g/mol. The first-order chi connectivity index (χ1) is 17.6. The minimum Gasteiger partial charge on any atom is -0.445 e. The van der Waals surface area contributed by atoms with E-state index >= 15 is 0 Å². The SMILES string of the molecule is O=C(NCCC[C@@H]1C2Nc3ccccc3C2C[C@H]2C(=O)N3CCC[C@@H]3C(=O)N12)OCc1ccccc1. The number of hydrogen-bond acceptors (Lipinski definition) is 5. The average Bonchev–Trinajstić information content (AvgIpc) is 3.54. The van der Waals surface area contributed by atoms with Gasteiger partial charge in [0, 0.05) is 24.7 Å². The highest BCUT2D eigenvalue weighted by Crippen LogP contribution is 2.48. The Morgan fingerprint density at radius 3 is 2.69 bits per heavy atom. The van der Waals surface area contributed by atoms with Crippen molar-refractivity contribution in [2.45, 2.75) is 68.8 Å². The lowest BCUT2D eigenvalue weighted by atomic mass is 9.77. The van der Waals surface area contributed by atoms with Crippen LogP contribution in [0.2, 0.25) is 0 Å². The third-order valence-corrected chi connectivity index (χ3v) is 8.22. The summed E-state index contributed by atoms with van der Waals surface area (Å²) in [5.74, 6) is 0.383. The van der Waals surface area contributed by atoms with Gasteiger partial charge in [0.05, 0.1) is 12.1 Å². The highest BCUT2D eigenvalue weighted by molar-refractivity contribution is 5.98. The van der Waals surface area contributed by atoms with Crippen molar-refractivity contribution >= 4 is 23.6 Å². The summed E-state index contributed by atoms with van der Waals surface area (Å²) < 4.78 is 5.32. The van der Waals surface area contributed by atoms with E-state index in [0.29, 0.717) is 32.4 Å². The second-order valence-corrected chi connectivity index (χ2v) is 10.2. The Labute approximate surface area is 211 Å². The molecule has 8 heteroatoms. The van der Waals surface area contributed by atoms with Gasteiger partial charge in [-0.25, -0.2) is 4.79 Å². The Balaban J connectivity index is 1.14. The molecule has 4 aliphatic heterocycles. The molecule has 2 aromatic carbocycles. The summed E-state index contributed by atoms with van der Waals surface area (Å²) in [5.41, 5.74) is 3.27. The first kappa shape index (κ1) is 22.9. The largest absolute Gasteiger partial charge is 0.445 e. The van der Waals surface area contributed by atoms with Crippen LogP contribution in [0.3, 0.4) is 0 Å². The van der Waals surface area contributed by atoms with Crippen LogP contribution in [0, 0.1) is 0 Å². The van der Waals surface area contributed by atoms with Crippen LogP contribution in [0.5, 0.6) is 0 Å². The van der Waals surface area contributed by atoms with Crippen LogP contribution in [-0.2, 0) is 20.9 Å². The van der Waals surface area contributed by atoms with Crippen molar-refractivity contribution in [1.29, 1.82) is 0 Å². The molecule has 0 saturated carbocycles. The number of fused-ring (bicyclic) bond motifs is 5.